The Bertz CT molecular complexity index is 280. The van der Waals surface area contributed by atoms with Gasteiger partial charge in [-0.15, -0.1) is 0 Å². The maximum atomic E-state index is 11.1. The van der Waals surface area contributed by atoms with E-state index in [0.29, 0.717) is 0 Å². The Morgan fingerprint density at radius 3 is 2.25 bits per heavy atom. The molecule has 16 heavy (non-hydrogen) atoms. The minimum absolute atomic E-state index is 0.0104. The molecular formula is C9H17N3O4. The molecular weight excluding hydrogens is 214 g/mol. The van der Waals surface area contributed by atoms with E-state index in [4.69, 9.17) is 5.11 Å². The van der Waals surface area contributed by atoms with E-state index in [2.05, 4.69) is 16.0 Å². The van der Waals surface area contributed by atoms with Crippen molar-refractivity contribution in [2.24, 2.45) is 0 Å². The SMILES string of the molecule is CNC(=O)C(C)NCC(NC(C)=O)C(=O)O. The molecule has 0 fully saturated rings. The minimum atomic E-state index is -1.15. The summed E-state index contributed by atoms with van der Waals surface area (Å²) in [4.78, 5) is 32.6. The van der Waals surface area contributed by atoms with Crippen molar-refractivity contribution in [3.8, 4) is 0 Å². The van der Waals surface area contributed by atoms with E-state index in [1.54, 1.807) is 6.92 Å². The lowest BCUT2D eigenvalue weighted by molar-refractivity contribution is -0.141. The zero-order valence-corrected chi connectivity index (χ0v) is 9.53. The molecule has 0 aromatic rings. The van der Waals surface area contributed by atoms with Crippen LogP contribution in [0.25, 0.3) is 0 Å². The van der Waals surface area contributed by atoms with Crippen molar-refractivity contribution in [3.63, 3.8) is 0 Å². The van der Waals surface area contributed by atoms with Crippen molar-refractivity contribution >= 4 is 17.8 Å². The van der Waals surface area contributed by atoms with Gasteiger partial charge in [-0.3, -0.25) is 9.59 Å². The number of hydrogen-bond donors (Lipinski definition) is 4. The molecule has 0 aliphatic rings. The largest absolute Gasteiger partial charge is 0.480 e. The van der Waals surface area contributed by atoms with E-state index in [-0.39, 0.29) is 12.5 Å². The summed E-state index contributed by atoms with van der Waals surface area (Å²) in [5, 5.41) is 16.2. The molecule has 0 saturated carbocycles. The third kappa shape index (κ3) is 5.30. The second-order valence-electron chi connectivity index (χ2n) is 3.34. The molecule has 92 valence electrons. The van der Waals surface area contributed by atoms with Crippen molar-refractivity contribution in [1.82, 2.24) is 16.0 Å². The van der Waals surface area contributed by atoms with Gasteiger partial charge in [-0.2, -0.15) is 0 Å². The van der Waals surface area contributed by atoms with Crippen LogP contribution >= 0.6 is 0 Å². The van der Waals surface area contributed by atoms with Crippen LogP contribution in [0.4, 0.5) is 0 Å². The van der Waals surface area contributed by atoms with Crippen LogP contribution in [-0.4, -0.2) is 48.6 Å². The van der Waals surface area contributed by atoms with Crippen LogP contribution in [0.5, 0.6) is 0 Å². The molecule has 0 bridgehead atoms. The average Bonchev–Trinajstić information content (AvgIpc) is 2.21. The molecule has 7 nitrogen and oxygen atoms in total. The van der Waals surface area contributed by atoms with Gasteiger partial charge in [0.1, 0.15) is 6.04 Å². The lowest BCUT2D eigenvalue weighted by Gasteiger charge is -2.17. The summed E-state index contributed by atoms with van der Waals surface area (Å²) >= 11 is 0. The van der Waals surface area contributed by atoms with Gasteiger partial charge >= 0.3 is 5.97 Å². The van der Waals surface area contributed by atoms with Gasteiger partial charge in [0.05, 0.1) is 6.04 Å². The lowest BCUT2D eigenvalue weighted by atomic mass is 10.2. The van der Waals surface area contributed by atoms with Crippen LogP contribution in [0.2, 0.25) is 0 Å². The first-order valence-electron chi connectivity index (χ1n) is 4.83. The number of aliphatic carboxylic acids is 1. The van der Waals surface area contributed by atoms with Gasteiger partial charge in [0, 0.05) is 20.5 Å². The van der Waals surface area contributed by atoms with Crippen molar-refractivity contribution in [1.29, 1.82) is 0 Å². The van der Waals surface area contributed by atoms with Crippen LogP contribution in [0.3, 0.4) is 0 Å². The molecule has 0 aromatic carbocycles. The minimum Gasteiger partial charge on any atom is -0.480 e. The molecule has 7 heteroatoms. The fourth-order valence-electron chi connectivity index (χ4n) is 1.05. The topological polar surface area (TPSA) is 108 Å². The Hall–Kier alpha value is -1.63. The fraction of sp³-hybridized carbons (Fsp3) is 0.667. The van der Waals surface area contributed by atoms with E-state index >= 15 is 0 Å². The second-order valence-corrected chi connectivity index (χ2v) is 3.34. The van der Waals surface area contributed by atoms with E-state index in [1.165, 1.54) is 14.0 Å². The monoisotopic (exact) mass is 231 g/mol. The first kappa shape index (κ1) is 14.4. The van der Waals surface area contributed by atoms with Gasteiger partial charge in [0.25, 0.3) is 0 Å². The molecule has 0 saturated heterocycles. The first-order chi connectivity index (χ1) is 7.38. The van der Waals surface area contributed by atoms with Gasteiger partial charge in [-0.25, -0.2) is 4.79 Å². The van der Waals surface area contributed by atoms with Crippen LogP contribution in [0.1, 0.15) is 13.8 Å². The zero-order valence-electron chi connectivity index (χ0n) is 9.53. The average molecular weight is 231 g/mol. The zero-order chi connectivity index (χ0) is 12.7. The van der Waals surface area contributed by atoms with Crippen molar-refractivity contribution in [2.45, 2.75) is 25.9 Å². The van der Waals surface area contributed by atoms with Gasteiger partial charge in [-0.05, 0) is 6.92 Å². The molecule has 2 unspecified atom stereocenters. The van der Waals surface area contributed by atoms with Crippen molar-refractivity contribution in [3.05, 3.63) is 0 Å². The molecule has 0 aliphatic heterocycles. The Balaban J connectivity index is 4.16. The van der Waals surface area contributed by atoms with Crippen LogP contribution in [-0.2, 0) is 14.4 Å². The fourth-order valence-corrected chi connectivity index (χ4v) is 1.05. The number of carbonyl (C=O) groups excluding carboxylic acids is 2. The molecule has 0 heterocycles. The highest BCUT2D eigenvalue weighted by Gasteiger charge is 2.20. The normalized spacial score (nSPS) is 13.7. The van der Waals surface area contributed by atoms with Crippen molar-refractivity contribution < 1.29 is 19.5 Å². The van der Waals surface area contributed by atoms with Crippen LogP contribution in [0.15, 0.2) is 0 Å². The number of carboxylic acid groups (broad SMARTS) is 1. The summed E-state index contributed by atoms with van der Waals surface area (Å²) in [6.45, 7) is 2.83. The number of likely N-dealkylation sites (N-methyl/N-ethyl adjacent to an activating group) is 1. The van der Waals surface area contributed by atoms with Crippen molar-refractivity contribution in [2.75, 3.05) is 13.6 Å². The van der Waals surface area contributed by atoms with Crippen LogP contribution in [0, 0.1) is 0 Å². The smallest absolute Gasteiger partial charge is 0.327 e. The molecule has 0 rings (SSSR count). The predicted molar refractivity (Wildman–Crippen MR) is 56.8 cm³/mol. The number of carboxylic acids is 1. The van der Waals surface area contributed by atoms with Gasteiger partial charge in [0.15, 0.2) is 0 Å². The molecule has 4 N–H and O–H groups in total. The summed E-state index contributed by atoms with van der Waals surface area (Å²) in [6, 6.07) is -1.55. The highest BCUT2D eigenvalue weighted by Crippen LogP contribution is 1.86. The number of hydrogen-bond acceptors (Lipinski definition) is 4. The third-order valence-electron chi connectivity index (χ3n) is 1.94. The Morgan fingerprint density at radius 1 is 1.31 bits per heavy atom. The molecule has 2 amide bonds. The van der Waals surface area contributed by atoms with Gasteiger partial charge in [-0.1, -0.05) is 0 Å². The highest BCUT2D eigenvalue weighted by atomic mass is 16.4. The maximum absolute atomic E-state index is 11.1. The molecule has 0 aliphatic carbocycles. The molecule has 2 atom stereocenters. The number of nitrogens with one attached hydrogen (secondary N) is 3. The first-order valence-corrected chi connectivity index (χ1v) is 4.83. The molecule has 0 aromatic heterocycles. The summed E-state index contributed by atoms with van der Waals surface area (Å²) in [7, 11) is 1.49. The maximum Gasteiger partial charge on any atom is 0.327 e. The summed E-state index contributed by atoms with van der Waals surface area (Å²) in [5.74, 6) is -1.82. The number of rotatable bonds is 6. The Kier molecular flexibility index (Phi) is 6.09. The number of carbonyl (C=O) groups is 3. The number of amides is 2. The summed E-state index contributed by atoms with van der Waals surface area (Å²) in [5.41, 5.74) is 0. The Labute approximate surface area is 93.6 Å². The molecule has 0 spiro atoms. The van der Waals surface area contributed by atoms with Gasteiger partial charge < -0.3 is 21.1 Å². The summed E-state index contributed by atoms with van der Waals surface area (Å²) in [6.07, 6.45) is 0. The van der Waals surface area contributed by atoms with E-state index in [1.807, 2.05) is 0 Å². The van der Waals surface area contributed by atoms with E-state index in [0.717, 1.165) is 0 Å². The van der Waals surface area contributed by atoms with Crippen LogP contribution < -0.4 is 16.0 Å². The van der Waals surface area contributed by atoms with E-state index in [9.17, 15) is 14.4 Å². The second kappa shape index (κ2) is 6.78. The third-order valence-corrected chi connectivity index (χ3v) is 1.94. The predicted octanol–water partition coefficient (Wildman–Crippen LogP) is -1.70. The Morgan fingerprint density at radius 2 is 1.88 bits per heavy atom. The summed E-state index contributed by atoms with van der Waals surface area (Å²) < 4.78 is 0. The standard InChI is InChI=1S/C9H17N3O4/c1-5(8(14)10-3)11-4-7(9(15)16)12-6(2)13/h5,7,11H,4H2,1-3H3,(H,10,14)(H,12,13)(H,15,16). The van der Waals surface area contributed by atoms with Gasteiger partial charge in [0.2, 0.25) is 11.8 Å². The highest BCUT2D eigenvalue weighted by molar-refractivity contribution is 5.83. The lowest BCUT2D eigenvalue weighted by Crippen LogP contribution is -2.51. The molecule has 0 radical (unpaired) electrons. The van der Waals surface area contributed by atoms with E-state index < -0.39 is 24.0 Å². The quantitative estimate of drug-likeness (QED) is 0.436.